The van der Waals surface area contributed by atoms with E-state index in [1.807, 2.05) is 32.0 Å². The molecule has 49 heavy (non-hydrogen) atoms. The van der Waals surface area contributed by atoms with Crippen molar-refractivity contribution in [3.63, 3.8) is 0 Å². The van der Waals surface area contributed by atoms with Crippen molar-refractivity contribution in [1.82, 2.24) is 4.90 Å². The number of likely N-dealkylation sites (N-methyl/N-ethyl adjacent to an activating group) is 1. The minimum absolute atomic E-state index is 0.170. The van der Waals surface area contributed by atoms with Crippen LogP contribution in [0.2, 0.25) is 0 Å². The number of cyclic esters (lactones) is 1. The second-order valence-corrected chi connectivity index (χ2v) is 14.5. The molecule has 12 atom stereocenters. The van der Waals surface area contributed by atoms with Crippen LogP contribution in [0.15, 0.2) is 42.0 Å². The van der Waals surface area contributed by atoms with Crippen molar-refractivity contribution < 1.29 is 48.3 Å². The number of hydrogen-bond donors (Lipinski definition) is 2. The lowest BCUT2D eigenvalue weighted by Gasteiger charge is -2.48. The van der Waals surface area contributed by atoms with Gasteiger partial charge in [0, 0.05) is 18.9 Å². The maximum absolute atomic E-state index is 13.8. The van der Waals surface area contributed by atoms with Crippen LogP contribution in [-0.4, -0.2) is 108 Å². The molecule has 1 saturated heterocycles. The predicted octanol–water partition coefficient (Wildman–Crippen LogP) is 4.72. The van der Waals surface area contributed by atoms with E-state index in [1.165, 1.54) is 13.2 Å². The number of carbonyl (C=O) groups excluding carboxylic acids is 3. The van der Waals surface area contributed by atoms with Gasteiger partial charge in [0.05, 0.1) is 41.4 Å². The Morgan fingerprint density at radius 2 is 1.71 bits per heavy atom. The van der Waals surface area contributed by atoms with Crippen molar-refractivity contribution in [1.29, 1.82) is 0 Å². The highest BCUT2D eigenvalue weighted by molar-refractivity contribution is 5.96. The number of aliphatic hydroxyl groups is 2. The molecule has 0 radical (unpaired) electrons. The van der Waals surface area contributed by atoms with Crippen LogP contribution < -0.4 is 0 Å². The van der Waals surface area contributed by atoms with Crippen LogP contribution in [-0.2, 0) is 33.3 Å². The number of Topliss-reactive ketones (excluding diaryl/α,β-unsaturated/α-hetero) is 1. The SMILES string of the molecule is CC[C@H]1OC(=O)[C@H](C)[C@@H](O)[C@H](C)[C@@H](OC2O[C@H](C)C[C@H](N(C)C)[C@H]2OC(=O)c2ccccc2)[C@](C)(OC)C[C@@H](C)C(=O)/C(C)=C/[C@@]1(O)CC. The molecule has 0 saturated carbocycles. The van der Waals surface area contributed by atoms with Crippen molar-refractivity contribution >= 4 is 17.7 Å². The van der Waals surface area contributed by atoms with Gasteiger partial charge in [-0.05, 0) is 91.3 Å². The van der Waals surface area contributed by atoms with Crippen LogP contribution in [0.1, 0.15) is 91.4 Å². The fraction of sp³-hybridized carbons (Fsp3) is 0.711. The fourth-order valence-corrected chi connectivity index (χ4v) is 7.33. The maximum atomic E-state index is 13.8. The Kier molecular flexibility index (Phi) is 14.2. The Balaban J connectivity index is 2.13. The monoisotopic (exact) mass is 689 g/mol. The van der Waals surface area contributed by atoms with E-state index in [-0.39, 0.29) is 30.8 Å². The predicted molar refractivity (Wildman–Crippen MR) is 185 cm³/mol. The van der Waals surface area contributed by atoms with Gasteiger partial charge in [0.1, 0.15) is 11.7 Å². The number of methoxy groups -OCH3 is 1. The first-order valence-corrected chi connectivity index (χ1v) is 17.6. The largest absolute Gasteiger partial charge is 0.459 e. The summed E-state index contributed by atoms with van der Waals surface area (Å²) >= 11 is 0. The van der Waals surface area contributed by atoms with Gasteiger partial charge in [-0.2, -0.15) is 0 Å². The summed E-state index contributed by atoms with van der Waals surface area (Å²) < 4.78 is 31.4. The van der Waals surface area contributed by atoms with E-state index in [9.17, 15) is 24.6 Å². The Labute approximate surface area is 292 Å². The molecule has 0 aromatic heterocycles. The summed E-state index contributed by atoms with van der Waals surface area (Å²) in [4.78, 5) is 42.8. The van der Waals surface area contributed by atoms with E-state index >= 15 is 0 Å². The molecule has 1 aromatic carbocycles. The van der Waals surface area contributed by atoms with Crippen LogP contribution in [0.4, 0.5) is 0 Å². The van der Waals surface area contributed by atoms with Crippen molar-refractivity contribution in [2.75, 3.05) is 21.2 Å². The molecule has 2 aliphatic heterocycles. The maximum Gasteiger partial charge on any atom is 0.338 e. The van der Waals surface area contributed by atoms with Gasteiger partial charge in [-0.3, -0.25) is 9.59 Å². The third-order valence-electron chi connectivity index (χ3n) is 10.5. The zero-order chi connectivity index (χ0) is 36.8. The lowest BCUT2D eigenvalue weighted by molar-refractivity contribution is -0.300. The standard InChI is InChI=1S/C38H59NO10/c1-12-29-38(44,13-2)21-23(4)30(40)22(3)20-37(8,45-11)33(25(6)31(41)26(7)34(42)47-29)49-36-32(28(39(9)10)19-24(5)46-36)48-35(43)27-17-15-14-16-18-27/h14-18,21-22,24-26,28-29,31-33,36,41,44H,12-13,19-20H2,1-11H3/b23-21+/t22-,24-,25+,26-,28+,29-,31+,32-,33-,36?,37-,38+/m1/s1. The molecule has 11 heteroatoms. The van der Waals surface area contributed by atoms with Crippen LogP contribution in [0.5, 0.6) is 0 Å². The van der Waals surface area contributed by atoms with Crippen molar-refractivity contribution in [3.8, 4) is 0 Å². The number of ketones is 1. The van der Waals surface area contributed by atoms with Crippen LogP contribution in [0.25, 0.3) is 0 Å². The van der Waals surface area contributed by atoms with E-state index < -0.39 is 71.6 Å². The van der Waals surface area contributed by atoms with E-state index in [2.05, 4.69) is 0 Å². The molecule has 2 N–H and O–H groups in total. The molecular weight excluding hydrogens is 630 g/mol. The van der Waals surface area contributed by atoms with E-state index in [0.717, 1.165) is 0 Å². The summed E-state index contributed by atoms with van der Waals surface area (Å²) in [6.45, 7) is 14.0. The summed E-state index contributed by atoms with van der Waals surface area (Å²) in [7, 11) is 5.31. The summed E-state index contributed by atoms with van der Waals surface area (Å²) in [5.74, 6) is -3.82. The van der Waals surface area contributed by atoms with Gasteiger partial charge in [-0.15, -0.1) is 0 Å². The number of rotatable bonds is 8. The van der Waals surface area contributed by atoms with Gasteiger partial charge in [0.25, 0.3) is 0 Å². The fourth-order valence-electron chi connectivity index (χ4n) is 7.33. The Bertz CT molecular complexity index is 1300. The molecule has 1 unspecified atom stereocenters. The third-order valence-corrected chi connectivity index (χ3v) is 10.5. The van der Waals surface area contributed by atoms with Gasteiger partial charge < -0.3 is 38.8 Å². The Morgan fingerprint density at radius 3 is 2.27 bits per heavy atom. The molecule has 0 bridgehead atoms. The highest BCUT2D eigenvalue weighted by atomic mass is 16.7. The number of ether oxygens (including phenoxy) is 5. The molecule has 11 nitrogen and oxygen atoms in total. The number of allylic oxidation sites excluding steroid dienone is 1. The number of nitrogens with zero attached hydrogens (tertiary/aromatic N) is 1. The van der Waals surface area contributed by atoms with Crippen molar-refractivity contribution in [2.24, 2.45) is 17.8 Å². The van der Waals surface area contributed by atoms with Gasteiger partial charge in [-0.1, -0.05) is 45.9 Å². The van der Waals surface area contributed by atoms with E-state index in [4.69, 9.17) is 23.7 Å². The van der Waals surface area contributed by atoms with Crippen molar-refractivity contribution in [3.05, 3.63) is 47.5 Å². The average molecular weight is 690 g/mol. The quantitative estimate of drug-likeness (QED) is 0.367. The zero-order valence-electron chi connectivity index (χ0n) is 31.2. The smallest absolute Gasteiger partial charge is 0.338 e. The number of carbonyl (C=O) groups is 3. The number of aliphatic hydroxyl groups excluding tert-OH is 1. The highest BCUT2D eigenvalue weighted by Crippen LogP contribution is 2.39. The number of benzene rings is 1. The molecule has 276 valence electrons. The minimum atomic E-state index is -1.58. The second-order valence-electron chi connectivity index (χ2n) is 14.5. The number of esters is 2. The topological polar surface area (TPSA) is 141 Å². The summed E-state index contributed by atoms with van der Waals surface area (Å²) in [5.41, 5.74) is -2.07. The molecule has 2 heterocycles. The second kappa shape index (κ2) is 17.0. The average Bonchev–Trinajstić information content (AvgIpc) is 3.08. The molecular formula is C38H59NO10. The first-order chi connectivity index (χ1) is 22.9. The van der Waals surface area contributed by atoms with E-state index in [0.29, 0.717) is 24.0 Å². The zero-order valence-corrected chi connectivity index (χ0v) is 31.2. The van der Waals surface area contributed by atoms with Crippen molar-refractivity contribution in [2.45, 2.75) is 135 Å². The molecule has 1 aromatic rings. The van der Waals surface area contributed by atoms with E-state index in [1.54, 1.807) is 72.7 Å². The molecule has 0 aliphatic carbocycles. The molecule has 0 spiro atoms. The summed E-state index contributed by atoms with van der Waals surface area (Å²) in [6, 6.07) is 8.40. The van der Waals surface area contributed by atoms with Gasteiger partial charge in [0.15, 0.2) is 18.2 Å². The molecule has 1 fully saturated rings. The number of hydrogen-bond acceptors (Lipinski definition) is 11. The highest BCUT2D eigenvalue weighted by Gasteiger charge is 2.51. The lowest BCUT2D eigenvalue weighted by atomic mass is 9.76. The van der Waals surface area contributed by atoms with Gasteiger partial charge in [-0.25, -0.2) is 4.79 Å². The molecule has 2 aliphatic rings. The third kappa shape index (κ3) is 9.36. The normalized spacial score (nSPS) is 39.4. The van der Waals surface area contributed by atoms with Gasteiger partial charge in [0.2, 0.25) is 0 Å². The first kappa shape index (κ1) is 40.8. The summed E-state index contributed by atoms with van der Waals surface area (Å²) in [6.07, 6.45) is -2.70. The molecule has 3 rings (SSSR count). The Hall–Kier alpha value is -2.67. The molecule has 0 amide bonds. The Morgan fingerprint density at radius 1 is 1.08 bits per heavy atom. The summed E-state index contributed by atoms with van der Waals surface area (Å²) in [5, 5.41) is 23.4. The van der Waals surface area contributed by atoms with Crippen LogP contribution in [0, 0.1) is 17.8 Å². The van der Waals surface area contributed by atoms with Gasteiger partial charge >= 0.3 is 11.9 Å². The van der Waals surface area contributed by atoms with Crippen LogP contribution >= 0.6 is 0 Å². The lowest BCUT2D eigenvalue weighted by Crippen LogP contribution is -2.60. The van der Waals surface area contributed by atoms with Crippen LogP contribution in [0.3, 0.4) is 0 Å². The minimum Gasteiger partial charge on any atom is -0.459 e. The first-order valence-electron chi connectivity index (χ1n) is 17.6.